The lowest BCUT2D eigenvalue weighted by atomic mass is 9.98. The number of aromatic nitrogens is 1. The van der Waals surface area contributed by atoms with Crippen molar-refractivity contribution in [3.63, 3.8) is 0 Å². The van der Waals surface area contributed by atoms with Crippen LogP contribution < -0.4 is 10.6 Å². The number of amides is 1. The number of carbonyl (C=O) groups excluding carboxylic acids is 1. The first-order valence-corrected chi connectivity index (χ1v) is 6.10. The van der Waals surface area contributed by atoms with Gasteiger partial charge in [0.1, 0.15) is 11.8 Å². The lowest BCUT2D eigenvalue weighted by Gasteiger charge is -2.23. The third-order valence-corrected chi connectivity index (χ3v) is 3.04. The van der Waals surface area contributed by atoms with Crippen LogP contribution in [0.25, 0.3) is 0 Å². The molecule has 1 fully saturated rings. The maximum absolute atomic E-state index is 12.0. The Labute approximate surface area is 113 Å². The Morgan fingerprint density at radius 1 is 1.67 bits per heavy atom. The molecule has 2 N–H and O–H groups in total. The van der Waals surface area contributed by atoms with Gasteiger partial charge >= 0.3 is 0 Å². The van der Waals surface area contributed by atoms with Crippen LogP contribution in [0.3, 0.4) is 0 Å². The summed E-state index contributed by atoms with van der Waals surface area (Å²) in [7, 11) is 0. The molecule has 2 atom stereocenters. The predicted molar refractivity (Wildman–Crippen MR) is 70.6 cm³/mol. The largest absolute Gasteiger partial charge is 0.444 e. The van der Waals surface area contributed by atoms with Crippen LogP contribution in [0.5, 0.6) is 0 Å². The summed E-state index contributed by atoms with van der Waals surface area (Å²) in [5.41, 5.74) is 0. The molecule has 1 aliphatic heterocycles. The summed E-state index contributed by atoms with van der Waals surface area (Å²) in [6.07, 6.45) is 3.68. The molecule has 0 bridgehead atoms. The van der Waals surface area contributed by atoms with Crippen LogP contribution in [0, 0.1) is 12.8 Å². The number of nitrogens with zero attached hydrogens (tertiary/aromatic N) is 1. The van der Waals surface area contributed by atoms with E-state index in [4.69, 9.17) is 4.42 Å². The Morgan fingerprint density at radius 2 is 2.44 bits per heavy atom. The normalized spacial score (nSPS) is 20.9. The fourth-order valence-corrected chi connectivity index (χ4v) is 2.04. The van der Waals surface area contributed by atoms with E-state index in [1.165, 1.54) is 0 Å². The zero-order chi connectivity index (χ0) is 12.3. The number of hydrogen-bond acceptors (Lipinski definition) is 4. The first-order chi connectivity index (χ1) is 8.16. The van der Waals surface area contributed by atoms with E-state index in [9.17, 15) is 4.79 Å². The second kappa shape index (κ2) is 6.75. The first kappa shape index (κ1) is 15.0. The molecule has 1 amide bonds. The van der Waals surface area contributed by atoms with Gasteiger partial charge in [0.2, 0.25) is 11.8 Å². The second-order valence-corrected chi connectivity index (χ2v) is 4.58. The van der Waals surface area contributed by atoms with E-state index >= 15 is 0 Å². The van der Waals surface area contributed by atoms with E-state index in [-0.39, 0.29) is 30.3 Å². The van der Waals surface area contributed by atoms with Crippen LogP contribution in [0.15, 0.2) is 10.6 Å². The number of rotatable bonds is 3. The summed E-state index contributed by atoms with van der Waals surface area (Å²) >= 11 is 0. The van der Waals surface area contributed by atoms with Crippen LogP contribution >= 0.6 is 12.4 Å². The highest BCUT2D eigenvalue weighted by molar-refractivity contribution is 5.85. The van der Waals surface area contributed by atoms with Crippen molar-refractivity contribution in [2.24, 2.45) is 5.92 Å². The maximum atomic E-state index is 12.0. The van der Waals surface area contributed by atoms with Crippen LogP contribution in [-0.2, 0) is 4.79 Å². The lowest BCUT2D eigenvalue weighted by molar-refractivity contribution is -0.126. The number of carbonyl (C=O) groups is 1. The van der Waals surface area contributed by atoms with Gasteiger partial charge in [-0.3, -0.25) is 4.79 Å². The summed E-state index contributed by atoms with van der Waals surface area (Å²) in [6.45, 7) is 5.51. The van der Waals surface area contributed by atoms with Crippen molar-refractivity contribution < 1.29 is 9.21 Å². The van der Waals surface area contributed by atoms with Gasteiger partial charge in [-0.2, -0.15) is 0 Å². The molecule has 2 rings (SSSR count). The van der Waals surface area contributed by atoms with E-state index in [0.29, 0.717) is 5.89 Å². The third-order valence-electron chi connectivity index (χ3n) is 3.04. The van der Waals surface area contributed by atoms with Crippen molar-refractivity contribution in [2.45, 2.75) is 32.7 Å². The number of oxazole rings is 1. The lowest BCUT2D eigenvalue weighted by Crippen LogP contribution is -2.41. The van der Waals surface area contributed by atoms with Crippen molar-refractivity contribution >= 4 is 18.3 Å². The zero-order valence-electron chi connectivity index (χ0n) is 10.7. The van der Waals surface area contributed by atoms with Crippen molar-refractivity contribution in [2.75, 3.05) is 13.1 Å². The molecule has 102 valence electrons. The monoisotopic (exact) mass is 273 g/mol. The molecule has 0 saturated carbocycles. The quantitative estimate of drug-likeness (QED) is 0.878. The van der Waals surface area contributed by atoms with Crippen molar-refractivity contribution in [1.82, 2.24) is 15.6 Å². The topological polar surface area (TPSA) is 67.2 Å². The highest BCUT2D eigenvalue weighted by Crippen LogP contribution is 2.15. The molecule has 18 heavy (non-hydrogen) atoms. The highest BCUT2D eigenvalue weighted by atomic mass is 35.5. The van der Waals surface area contributed by atoms with Crippen molar-refractivity contribution in [3.8, 4) is 0 Å². The van der Waals surface area contributed by atoms with E-state index < -0.39 is 0 Å². The van der Waals surface area contributed by atoms with E-state index in [2.05, 4.69) is 15.6 Å². The average molecular weight is 274 g/mol. The molecule has 1 saturated heterocycles. The van der Waals surface area contributed by atoms with E-state index in [1.807, 2.05) is 13.8 Å². The van der Waals surface area contributed by atoms with Gasteiger partial charge < -0.3 is 15.1 Å². The smallest absolute Gasteiger partial charge is 0.225 e. The molecule has 2 heterocycles. The molecule has 1 aromatic heterocycles. The molecule has 5 nitrogen and oxygen atoms in total. The molecule has 0 spiro atoms. The molecular formula is C12H20ClN3O2. The van der Waals surface area contributed by atoms with Gasteiger partial charge in [-0.15, -0.1) is 12.4 Å². The Morgan fingerprint density at radius 3 is 3.00 bits per heavy atom. The van der Waals surface area contributed by atoms with Crippen LogP contribution in [0.2, 0.25) is 0 Å². The number of nitrogens with one attached hydrogen (secondary N) is 2. The average Bonchev–Trinajstić information content (AvgIpc) is 2.77. The van der Waals surface area contributed by atoms with Gasteiger partial charge in [-0.1, -0.05) is 0 Å². The minimum atomic E-state index is -0.168. The SMILES string of the molecule is Cc1cnc(C(C)NC(=O)[C@@H]2CCCNC2)o1.Cl. The molecular weight excluding hydrogens is 254 g/mol. The Balaban J connectivity index is 0.00000162. The minimum Gasteiger partial charge on any atom is -0.444 e. The number of piperidine rings is 1. The standard InChI is InChI=1S/C12H19N3O2.ClH/c1-8-6-14-12(17-8)9(2)15-11(16)10-4-3-5-13-7-10;/h6,9-10,13H,3-5,7H2,1-2H3,(H,15,16);1H/t9?,10-;/m1./s1. The molecule has 0 aliphatic carbocycles. The summed E-state index contributed by atoms with van der Waals surface area (Å²) in [5.74, 6) is 1.49. The van der Waals surface area contributed by atoms with Gasteiger partial charge in [-0.25, -0.2) is 4.98 Å². The summed E-state index contributed by atoms with van der Waals surface area (Å²) < 4.78 is 5.39. The fourth-order valence-electron chi connectivity index (χ4n) is 2.04. The molecule has 1 unspecified atom stereocenters. The van der Waals surface area contributed by atoms with Gasteiger partial charge in [0.25, 0.3) is 0 Å². The van der Waals surface area contributed by atoms with Gasteiger partial charge in [-0.05, 0) is 33.2 Å². The molecule has 1 aromatic rings. The Hall–Kier alpha value is -1.07. The molecule has 0 aromatic carbocycles. The fraction of sp³-hybridized carbons (Fsp3) is 0.667. The van der Waals surface area contributed by atoms with Gasteiger partial charge in [0, 0.05) is 6.54 Å². The Kier molecular flexibility index (Phi) is 5.62. The van der Waals surface area contributed by atoms with Crippen molar-refractivity contribution in [1.29, 1.82) is 0 Å². The molecule has 1 aliphatic rings. The van der Waals surface area contributed by atoms with Crippen molar-refractivity contribution in [3.05, 3.63) is 17.8 Å². The van der Waals surface area contributed by atoms with Gasteiger partial charge in [0.15, 0.2) is 0 Å². The predicted octanol–water partition coefficient (Wildman–Crippen LogP) is 1.58. The van der Waals surface area contributed by atoms with Gasteiger partial charge in [0.05, 0.1) is 12.1 Å². The number of aryl methyl sites for hydroxylation is 1. The summed E-state index contributed by atoms with van der Waals surface area (Å²) in [6, 6.07) is -0.168. The maximum Gasteiger partial charge on any atom is 0.225 e. The van der Waals surface area contributed by atoms with E-state index in [0.717, 1.165) is 31.7 Å². The van der Waals surface area contributed by atoms with Crippen LogP contribution in [0.1, 0.15) is 37.5 Å². The summed E-state index contributed by atoms with van der Waals surface area (Å²) in [4.78, 5) is 16.1. The minimum absolute atomic E-state index is 0. The Bertz CT molecular complexity index is 388. The summed E-state index contributed by atoms with van der Waals surface area (Å²) in [5, 5.41) is 6.18. The van der Waals surface area contributed by atoms with Crippen LogP contribution in [0.4, 0.5) is 0 Å². The highest BCUT2D eigenvalue weighted by Gasteiger charge is 2.23. The second-order valence-electron chi connectivity index (χ2n) is 4.58. The number of hydrogen-bond donors (Lipinski definition) is 2. The first-order valence-electron chi connectivity index (χ1n) is 6.10. The molecule has 0 radical (unpaired) electrons. The third kappa shape index (κ3) is 3.71. The van der Waals surface area contributed by atoms with E-state index in [1.54, 1.807) is 6.20 Å². The zero-order valence-corrected chi connectivity index (χ0v) is 11.5. The molecule has 6 heteroatoms. The van der Waals surface area contributed by atoms with Crippen LogP contribution in [-0.4, -0.2) is 24.0 Å². The number of halogens is 1.